The highest BCUT2D eigenvalue weighted by molar-refractivity contribution is 7.09. The van der Waals surface area contributed by atoms with Gasteiger partial charge in [0.1, 0.15) is 0 Å². The molecule has 1 fully saturated rings. The molecule has 0 radical (unpaired) electrons. The number of hydrogen-bond donors (Lipinski definition) is 2. The lowest BCUT2D eigenvalue weighted by Crippen LogP contribution is -2.43. The first-order valence-corrected chi connectivity index (χ1v) is 9.33. The van der Waals surface area contributed by atoms with E-state index >= 15 is 0 Å². The fourth-order valence-corrected chi connectivity index (χ4v) is 3.80. The highest BCUT2D eigenvalue weighted by Gasteiger charge is 2.27. The van der Waals surface area contributed by atoms with Crippen LogP contribution in [0.2, 0.25) is 0 Å². The summed E-state index contributed by atoms with van der Waals surface area (Å²) in [5, 5.41) is 13.6. The first-order chi connectivity index (χ1) is 11.4. The summed E-state index contributed by atoms with van der Waals surface area (Å²) in [5.74, 6) is 0.658. The second kappa shape index (κ2) is 6.93. The fourth-order valence-electron chi connectivity index (χ4n) is 2.72. The van der Waals surface area contributed by atoms with Crippen LogP contribution in [0.1, 0.15) is 60.7 Å². The summed E-state index contributed by atoms with van der Waals surface area (Å²) in [4.78, 5) is 16.8. The Labute approximate surface area is 146 Å². The summed E-state index contributed by atoms with van der Waals surface area (Å²) in [6.07, 6.45) is 2.50. The molecular formula is C17H25N5OS. The monoisotopic (exact) mass is 347 g/mol. The van der Waals surface area contributed by atoms with E-state index in [1.54, 1.807) is 11.3 Å². The average molecular weight is 347 g/mol. The van der Waals surface area contributed by atoms with Crippen molar-refractivity contribution in [3.8, 4) is 0 Å². The topological polar surface area (TPSA) is 71.8 Å². The molecule has 6 nitrogen and oxygen atoms in total. The molecule has 2 N–H and O–H groups in total. The Morgan fingerprint density at radius 1 is 1.38 bits per heavy atom. The molecule has 1 aliphatic rings. The number of carbonyl (C=O) groups is 1. The van der Waals surface area contributed by atoms with Gasteiger partial charge in [0.05, 0.1) is 29.0 Å². The van der Waals surface area contributed by atoms with Crippen molar-refractivity contribution < 1.29 is 4.79 Å². The van der Waals surface area contributed by atoms with Crippen LogP contribution < -0.4 is 10.6 Å². The van der Waals surface area contributed by atoms with E-state index < -0.39 is 0 Å². The van der Waals surface area contributed by atoms with Crippen molar-refractivity contribution in [3.05, 3.63) is 33.5 Å². The highest BCUT2D eigenvalue weighted by Crippen LogP contribution is 2.41. The molecule has 0 aromatic carbocycles. The third kappa shape index (κ3) is 4.14. The van der Waals surface area contributed by atoms with Crippen molar-refractivity contribution in [1.29, 1.82) is 0 Å². The van der Waals surface area contributed by atoms with E-state index in [9.17, 15) is 4.79 Å². The molecule has 2 aromatic heterocycles. The van der Waals surface area contributed by atoms with Gasteiger partial charge in [-0.05, 0) is 46.6 Å². The highest BCUT2D eigenvalue weighted by atomic mass is 32.1. The summed E-state index contributed by atoms with van der Waals surface area (Å²) in [7, 11) is 0. The van der Waals surface area contributed by atoms with Gasteiger partial charge >= 0.3 is 6.03 Å². The number of rotatable bonds is 6. The Balaban J connectivity index is 1.49. The summed E-state index contributed by atoms with van der Waals surface area (Å²) in [6, 6.07) is 1.77. The molecule has 130 valence electrons. The second-order valence-corrected chi connectivity index (χ2v) is 7.62. The number of urea groups is 1. The Bertz CT molecular complexity index is 718. The van der Waals surface area contributed by atoms with Crippen molar-refractivity contribution >= 4 is 17.4 Å². The number of thiazole rings is 1. The SMILES string of the molecule is Cc1cc(C)n(C[C@@H](C)NC(=O)N[C@H](C)c2csc(C3CC3)n2)n1. The fraction of sp³-hybridized carbons (Fsp3) is 0.588. The van der Waals surface area contributed by atoms with E-state index in [1.807, 2.05) is 38.4 Å². The van der Waals surface area contributed by atoms with Crippen molar-refractivity contribution in [2.75, 3.05) is 0 Å². The third-order valence-electron chi connectivity index (χ3n) is 4.19. The first kappa shape index (κ1) is 17.0. The molecule has 0 aliphatic heterocycles. The van der Waals surface area contributed by atoms with Crippen LogP contribution in [0.3, 0.4) is 0 Å². The Hall–Kier alpha value is -1.89. The molecule has 0 unspecified atom stereocenters. The van der Waals surface area contributed by atoms with Crippen molar-refractivity contribution in [3.63, 3.8) is 0 Å². The number of nitrogens with zero attached hydrogens (tertiary/aromatic N) is 3. The minimum absolute atomic E-state index is 0.00680. The van der Waals surface area contributed by atoms with Crippen LogP contribution >= 0.6 is 11.3 Å². The maximum Gasteiger partial charge on any atom is 0.315 e. The van der Waals surface area contributed by atoms with E-state index in [0.717, 1.165) is 17.1 Å². The van der Waals surface area contributed by atoms with Crippen LogP contribution in [-0.2, 0) is 6.54 Å². The summed E-state index contributed by atoms with van der Waals surface area (Å²) < 4.78 is 1.92. The van der Waals surface area contributed by atoms with Crippen molar-refractivity contribution in [2.45, 2.75) is 65.1 Å². The maximum atomic E-state index is 12.2. The predicted octanol–water partition coefficient (Wildman–Crippen LogP) is 3.28. The molecule has 2 amide bonds. The van der Waals surface area contributed by atoms with Gasteiger partial charge in [-0.25, -0.2) is 9.78 Å². The maximum absolute atomic E-state index is 12.2. The van der Waals surface area contributed by atoms with Crippen LogP contribution in [0.4, 0.5) is 4.79 Å². The van der Waals surface area contributed by atoms with Gasteiger partial charge in [-0.3, -0.25) is 4.68 Å². The minimum atomic E-state index is -0.169. The van der Waals surface area contributed by atoms with Gasteiger partial charge in [-0.1, -0.05) is 0 Å². The molecule has 2 heterocycles. The van der Waals surface area contributed by atoms with E-state index in [4.69, 9.17) is 0 Å². The zero-order valence-electron chi connectivity index (χ0n) is 14.7. The van der Waals surface area contributed by atoms with Crippen LogP contribution in [-0.4, -0.2) is 26.8 Å². The number of aryl methyl sites for hydroxylation is 2. The van der Waals surface area contributed by atoms with Gasteiger partial charge in [0.2, 0.25) is 0 Å². The molecule has 24 heavy (non-hydrogen) atoms. The van der Waals surface area contributed by atoms with Gasteiger partial charge in [-0.15, -0.1) is 11.3 Å². The second-order valence-electron chi connectivity index (χ2n) is 6.73. The van der Waals surface area contributed by atoms with Gasteiger partial charge < -0.3 is 10.6 Å². The standard InChI is InChI=1S/C17H25N5OS/c1-10-7-12(3)22(21-10)8-11(2)18-17(23)19-13(4)15-9-24-16(20-15)14-5-6-14/h7,9,11,13-14H,5-6,8H2,1-4H3,(H2,18,19,23)/t11-,13-/m1/s1. The van der Waals surface area contributed by atoms with Crippen LogP contribution in [0.5, 0.6) is 0 Å². The predicted molar refractivity (Wildman–Crippen MR) is 95.3 cm³/mol. The average Bonchev–Trinajstić information content (AvgIpc) is 3.13. The number of hydrogen-bond acceptors (Lipinski definition) is 4. The lowest BCUT2D eigenvalue weighted by molar-refractivity contribution is 0.233. The molecule has 7 heteroatoms. The largest absolute Gasteiger partial charge is 0.334 e. The summed E-state index contributed by atoms with van der Waals surface area (Å²) in [5.41, 5.74) is 3.04. The molecule has 2 atom stereocenters. The molecular weight excluding hydrogens is 322 g/mol. The number of aromatic nitrogens is 3. The van der Waals surface area contributed by atoms with Crippen molar-refractivity contribution in [1.82, 2.24) is 25.4 Å². The first-order valence-electron chi connectivity index (χ1n) is 8.45. The molecule has 1 saturated carbocycles. The third-order valence-corrected chi connectivity index (χ3v) is 5.21. The molecule has 1 aliphatic carbocycles. The molecule has 2 aromatic rings. The number of amides is 2. The van der Waals surface area contributed by atoms with Gasteiger partial charge in [0.15, 0.2) is 0 Å². The number of carbonyl (C=O) groups excluding carboxylic acids is 1. The Morgan fingerprint density at radius 3 is 2.75 bits per heavy atom. The van der Waals surface area contributed by atoms with Gasteiger partial charge in [0.25, 0.3) is 0 Å². The number of nitrogens with one attached hydrogen (secondary N) is 2. The normalized spacial score (nSPS) is 16.7. The lowest BCUT2D eigenvalue weighted by Gasteiger charge is -2.18. The van der Waals surface area contributed by atoms with E-state index in [0.29, 0.717) is 12.5 Å². The Morgan fingerprint density at radius 2 is 2.12 bits per heavy atom. The quantitative estimate of drug-likeness (QED) is 0.842. The zero-order chi connectivity index (χ0) is 17.3. The lowest BCUT2D eigenvalue weighted by atomic mass is 10.2. The summed E-state index contributed by atoms with van der Waals surface area (Å²) in [6.45, 7) is 8.60. The Kier molecular flexibility index (Phi) is 4.89. The minimum Gasteiger partial charge on any atom is -0.334 e. The van der Waals surface area contributed by atoms with Crippen LogP contribution in [0.15, 0.2) is 11.4 Å². The molecule has 3 rings (SSSR count). The van der Waals surface area contributed by atoms with E-state index in [-0.39, 0.29) is 18.1 Å². The molecule has 0 saturated heterocycles. The van der Waals surface area contributed by atoms with Crippen LogP contribution in [0, 0.1) is 13.8 Å². The van der Waals surface area contributed by atoms with E-state index in [2.05, 4.69) is 26.1 Å². The van der Waals surface area contributed by atoms with Crippen molar-refractivity contribution in [2.24, 2.45) is 0 Å². The molecule has 0 spiro atoms. The van der Waals surface area contributed by atoms with Crippen LogP contribution in [0.25, 0.3) is 0 Å². The zero-order valence-corrected chi connectivity index (χ0v) is 15.5. The van der Waals surface area contributed by atoms with Gasteiger partial charge in [-0.2, -0.15) is 5.10 Å². The smallest absolute Gasteiger partial charge is 0.315 e. The van der Waals surface area contributed by atoms with E-state index in [1.165, 1.54) is 17.8 Å². The van der Waals surface area contributed by atoms with Gasteiger partial charge in [0, 0.05) is 23.0 Å². The summed E-state index contributed by atoms with van der Waals surface area (Å²) >= 11 is 1.70. The molecule has 0 bridgehead atoms.